The zero-order valence-corrected chi connectivity index (χ0v) is 4.97. The first kappa shape index (κ1) is 3.97. The van der Waals surface area contributed by atoms with Gasteiger partial charge in [-0.2, -0.15) is 0 Å². The second-order valence-corrected chi connectivity index (χ2v) is 3.02. The van der Waals surface area contributed by atoms with E-state index in [-0.39, 0.29) is 0 Å². The fourth-order valence-corrected chi connectivity index (χ4v) is 0.769. The molecule has 0 nitrogen and oxygen atoms in total. The minimum atomic E-state index is 0.538. The SMILES string of the molecule is [B]C1CC1I. The molecular formula is C3H4BI. The molecule has 0 amide bonds. The minimum absolute atomic E-state index is 0.538. The molecule has 2 heteroatoms. The summed E-state index contributed by atoms with van der Waals surface area (Å²) in [7, 11) is 5.36. The lowest BCUT2D eigenvalue weighted by atomic mass is 10.0. The van der Waals surface area contributed by atoms with Crippen molar-refractivity contribution in [3.63, 3.8) is 0 Å². The molecule has 5 heavy (non-hydrogen) atoms. The molecular weight excluding hydrogens is 174 g/mol. The van der Waals surface area contributed by atoms with Crippen LogP contribution >= 0.6 is 22.6 Å². The van der Waals surface area contributed by atoms with Crippen LogP contribution in [0.3, 0.4) is 0 Å². The van der Waals surface area contributed by atoms with Gasteiger partial charge in [0.1, 0.15) is 0 Å². The van der Waals surface area contributed by atoms with Crippen LogP contribution in [0, 0.1) is 0 Å². The molecule has 0 aromatic rings. The topological polar surface area (TPSA) is 0 Å². The van der Waals surface area contributed by atoms with E-state index in [2.05, 4.69) is 22.6 Å². The van der Waals surface area contributed by atoms with E-state index in [4.69, 9.17) is 7.85 Å². The predicted octanol–water partition coefficient (Wildman–Crippen LogP) is 1.15. The van der Waals surface area contributed by atoms with Gasteiger partial charge in [-0.3, -0.25) is 0 Å². The fraction of sp³-hybridized carbons (Fsp3) is 1.00. The quantitative estimate of drug-likeness (QED) is 0.296. The maximum Gasteiger partial charge on any atom is 0.0714 e. The highest BCUT2D eigenvalue weighted by molar-refractivity contribution is 14.1. The first-order valence-electron chi connectivity index (χ1n) is 1.70. The van der Waals surface area contributed by atoms with Crippen LogP contribution in [0.1, 0.15) is 6.42 Å². The van der Waals surface area contributed by atoms with Gasteiger partial charge in [-0.05, 0) is 6.42 Å². The van der Waals surface area contributed by atoms with Gasteiger partial charge in [0, 0.05) is 3.92 Å². The highest BCUT2D eigenvalue weighted by Crippen LogP contribution is 2.40. The molecule has 2 atom stereocenters. The molecule has 1 aliphatic rings. The minimum Gasteiger partial charge on any atom is -0.0831 e. The van der Waals surface area contributed by atoms with Crippen molar-refractivity contribution in [3.05, 3.63) is 0 Å². The number of alkyl halides is 1. The van der Waals surface area contributed by atoms with Crippen LogP contribution in [0.15, 0.2) is 0 Å². The van der Waals surface area contributed by atoms with Crippen molar-refractivity contribution in [3.8, 4) is 0 Å². The van der Waals surface area contributed by atoms with Crippen LogP contribution in [-0.4, -0.2) is 11.8 Å². The Morgan fingerprint density at radius 2 is 2.00 bits per heavy atom. The first-order valence-corrected chi connectivity index (χ1v) is 2.95. The molecule has 1 fully saturated rings. The van der Waals surface area contributed by atoms with Crippen molar-refractivity contribution in [2.75, 3.05) is 0 Å². The molecule has 0 heterocycles. The lowest BCUT2D eigenvalue weighted by molar-refractivity contribution is 1.48. The Kier molecular flexibility index (Phi) is 0.902. The predicted molar refractivity (Wildman–Crippen MR) is 31.9 cm³/mol. The van der Waals surface area contributed by atoms with Crippen LogP contribution in [0.25, 0.3) is 0 Å². The van der Waals surface area contributed by atoms with Crippen molar-refractivity contribution in [1.82, 2.24) is 0 Å². The van der Waals surface area contributed by atoms with Crippen LogP contribution in [-0.2, 0) is 0 Å². The van der Waals surface area contributed by atoms with Crippen molar-refractivity contribution in [1.29, 1.82) is 0 Å². The molecule has 0 aromatic carbocycles. The summed E-state index contributed by atoms with van der Waals surface area (Å²) < 4.78 is 0.799. The first-order chi connectivity index (χ1) is 2.30. The molecule has 1 aliphatic carbocycles. The largest absolute Gasteiger partial charge is 0.0831 e. The molecule has 0 aromatic heterocycles. The van der Waals surface area contributed by atoms with E-state index < -0.39 is 0 Å². The summed E-state index contributed by atoms with van der Waals surface area (Å²) in [6, 6.07) is 0. The third-order valence-corrected chi connectivity index (χ3v) is 2.19. The summed E-state index contributed by atoms with van der Waals surface area (Å²) in [5.41, 5.74) is 0. The van der Waals surface area contributed by atoms with Gasteiger partial charge in [0.2, 0.25) is 0 Å². The van der Waals surface area contributed by atoms with Crippen LogP contribution in [0.4, 0.5) is 0 Å². The molecule has 0 N–H and O–H groups in total. The van der Waals surface area contributed by atoms with Crippen LogP contribution in [0.2, 0.25) is 5.82 Å². The monoisotopic (exact) mass is 178 g/mol. The Hall–Kier alpha value is 0.795. The van der Waals surface area contributed by atoms with Gasteiger partial charge in [-0.15, -0.1) is 0 Å². The van der Waals surface area contributed by atoms with Gasteiger partial charge in [0.25, 0.3) is 0 Å². The van der Waals surface area contributed by atoms with Gasteiger partial charge in [-0.25, -0.2) is 0 Å². The van der Waals surface area contributed by atoms with Gasteiger partial charge in [0.15, 0.2) is 0 Å². The van der Waals surface area contributed by atoms with Gasteiger partial charge in [0.05, 0.1) is 7.85 Å². The maximum absolute atomic E-state index is 5.36. The summed E-state index contributed by atoms with van der Waals surface area (Å²) in [6.45, 7) is 0. The number of hydrogen-bond acceptors (Lipinski definition) is 0. The molecule has 1 rings (SSSR count). The average molecular weight is 178 g/mol. The number of halogens is 1. The van der Waals surface area contributed by atoms with E-state index in [1.165, 1.54) is 6.42 Å². The molecule has 0 saturated heterocycles. The molecule has 1 saturated carbocycles. The average Bonchev–Trinajstić information content (AvgIpc) is 1.79. The molecule has 0 spiro atoms. The Bertz CT molecular complexity index is 40.2. The van der Waals surface area contributed by atoms with Crippen molar-refractivity contribution >= 4 is 30.4 Å². The molecule has 2 unspecified atom stereocenters. The van der Waals surface area contributed by atoms with Crippen molar-refractivity contribution < 1.29 is 0 Å². The Morgan fingerprint density at radius 3 is 2.00 bits per heavy atom. The Morgan fingerprint density at radius 1 is 1.80 bits per heavy atom. The van der Waals surface area contributed by atoms with E-state index in [1.54, 1.807) is 0 Å². The highest BCUT2D eigenvalue weighted by Gasteiger charge is 2.27. The molecule has 0 bridgehead atoms. The summed E-state index contributed by atoms with van der Waals surface area (Å²) in [5, 5.41) is 0. The van der Waals surface area contributed by atoms with Gasteiger partial charge < -0.3 is 0 Å². The van der Waals surface area contributed by atoms with E-state index in [9.17, 15) is 0 Å². The lowest BCUT2D eigenvalue weighted by Crippen LogP contribution is -1.60. The zero-order chi connectivity index (χ0) is 3.86. The lowest BCUT2D eigenvalue weighted by Gasteiger charge is -1.64. The van der Waals surface area contributed by atoms with E-state index in [0.29, 0.717) is 5.82 Å². The molecule has 26 valence electrons. The zero-order valence-electron chi connectivity index (χ0n) is 2.82. The van der Waals surface area contributed by atoms with E-state index >= 15 is 0 Å². The highest BCUT2D eigenvalue weighted by atomic mass is 127. The Labute approximate surface area is 46.9 Å². The maximum atomic E-state index is 5.36. The standard InChI is InChI=1S/C3H4BI/c4-2-1-3(2)5/h2-3H,1H2. The third-order valence-electron chi connectivity index (χ3n) is 0.759. The van der Waals surface area contributed by atoms with Crippen molar-refractivity contribution in [2.45, 2.75) is 16.2 Å². The van der Waals surface area contributed by atoms with Crippen molar-refractivity contribution in [2.24, 2.45) is 0 Å². The molecule has 2 radical (unpaired) electrons. The summed E-state index contributed by atoms with van der Waals surface area (Å²) >= 11 is 2.36. The van der Waals surface area contributed by atoms with Crippen LogP contribution in [0.5, 0.6) is 0 Å². The van der Waals surface area contributed by atoms with E-state index in [0.717, 1.165) is 3.92 Å². The normalized spacial score (nSPS) is 49.0. The third kappa shape index (κ3) is 0.811. The fourth-order valence-electron chi connectivity index (χ4n) is 0.181. The second-order valence-electron chi connectivity index (χ2n) is 1.42. The summed E-state index contributed by atoms with van der Waals surface area (Å²) in [5.74, 6) is 0.538. The van der Waals surface area contributed by atoms with E-state index in [1.807, 2.05) is 0 Å². The smallest absolute Gasteiger partial charge is 0.0714 e. The van der Waals surface area contributed by atoms with Gasteiger partial charge in [-0.1, -0.05) is 28.4 Å². The molecule has 0 aliphatic heterocycles. The second kappa shape index (κ2) is 1.14. The number of rotatable bonds is 0. The summed E-state index contributed by atoms with van der Waals surface area (Å²) in [6.07, 6.45) is 1.24. The Balaban J connectivity index is 2.20. The van der Waals surface area contributed by atoms with Gasteiger partial charge >= 0.3 is 0 Å². The number of hydrogen-bond donors (Lipinski definition) is 0. The summed E-state index contributed by atoms with van der Waals surface area (Å²) in [4.78, 5) is 0. The van der Waals surface area contributed by atoms with Crippen LogP contribution < -0.4 is 0 Å².